The Labute approximate surface area is 99.3 Å². The van der Waals surface area contributed by atoms with Crippen molar-refractivity contribution >= 4 is 27.4 Å². The van der Waals surface area contributed by atoms with Crippen molar-refractivity contribution in [2.24, 2.45) is 0 Å². The zero-order valence-corrected chi connectivity index (χ0v) is 10.4. The second-order valence-electron chi connectivity index (χ2n) is 3.71. The molecule has 0 spiro atoms. The lowest BCUT2D eigenvalue weighted by Crippen LogP contribution is -2.23. The van der Waals surface area contributed by atoms with Crippen molar-refractivity contribution in [1.29, 1.82) is 0 Å². The van der Waals surface area contributed by atoms with Gasteiger partial charge in [0.05, 0.1) is 10.2 Å². The summed E-state index contributed by atoms with van der Waals surface area (Å²) < 4.78 is 1.18. The fraction of sp³-hybridized carbons (Fsp3) is 0.455. The first-order valence-corrected chi connectivity index (χ1v) is 6.25. The average Bonchev–Trinajstić information content (AvgIpc) is 2.76. The van der Waals surface area contributed by atoms with Crippen molar-refractivity contribution in [2.45, 2.75) is 6.42 Å². The molecule has 0 bridgehead atoms. The van der Waals surface area contributed by atoms with Crippen molar-refractivity contribution < 1.29 is 0 Å². The van der Waals surface area contributed by atoms with Crippen molar-refractivity contribution in [3.8, 4) is 0 Å². The molecule has 0 unspecified atom stereocenters. The molecule has 0 aromatic carbocycles. The summed E-state index contributed by atoms with van der Waals surface area (Å²) >= 11 is 1.70. The molecule has 2 rings (SSSR count). The van der Waals surface area contributed by atoms with Gasteiger partial charge >= 0.3 is 0 Å². The molecular formula is C11H16N4S. The fourth-order valence-electron chi connectivity index (χ4n) is 1.65. The van der Waals surface area contributed by atoms with Crippen LogP contribution in [0.3, 0.4) is 0 Å². The van der Waals surface area contributed by atoms with Gasteiger partial charge in [0.15, 0.2) is 0 Å². The Kier molecular flexibility index (Phi) is 3.69. The number of rotatable bonds is 5. The van der Waals surface area contributed by atoms with Crippen LogP contribution in [-0.4, -0.2) is 37.2 Å². The van der Waals surface area contributed by atoms with E-state index < -0.39 is 0 Å². The maximum absolute atomic E-state index is 4.36. The third-order valence-corrected chi connectivity index (χ3v) is 3.41. The fourth-order valence-corrected chi connectivity index (χ4v) is 2.54. The van der Waals surface area contributed by atoms with Gasteiger partial charge in [0, 0.05) is 13.6 Å². The number of hydrogen-bond acceptors (Lipinski definition) is 5. The summed E-state index contributed by atoms with van der Waals surface area (Å²) in [4.78, 5) is 10.8. The van der Waals surface area contributed by atoms with Crippen molar-refractivity contribution in [3.05, 3.63) is 17.8 Å². The second kappa shape index (κ2) is 5.23. The van der Waals surface area contributed by atoms with Gasteiger partial charge in [-0.3, -0.25) is 0 Å². The lowest BCUT2D eigenvalue weighted by Gasteiger charge is -2.18. The molecule has 5 heteroatoms. The predicted octanol–water partition coefficient (Wildman–Crippen LogP) is 1.74. The van der Waals surface area contributed by atoms with E-state index in [9.17, 15) is 0 Å². The van der Waals surface area contributed by atoms with E-state index in [1.807, 2.05) is 13.1 Å². The van der Waals surface area contributed by atoms with Crippen molar-refractivity contribution in [1.82, 2.24) is 15.3 Å². The molecule has 0 aliphatic heterocycles. The highest BCUT2D eigenvalue weighted by Gasteiger charge is 2.08. The molecule has 0 saturated heterocycles. The maximum atomic E-state index is 4.36. The minimum Gasteiger partial charge on any atom is -0.358 e. The number of fused-ring (bicyclic) bond motifs is 1. The van der Waals surface area contributed by atoms with E-state index in [0.29, 0.717) is 0 Å². The van der Waals surface area contributed by atoms with Crippen molar-refractivity contribution in [2.75, 3.05) is 32.1 Å². The minimum absolute atomic E-state index is 1.00. The first-order valence-electron chi connectivity index (χ1n) is 5.37. The van der Waals surface area contributed by atoms with E-state index in [4.69, 9.17) is 0 Å². The first-order chi connectivity index (χ1) is 7.83. The van der Waals surface area contributed by atoms with E-state index in [2.05, 4.69) is 32.6 Å². The predicted molar refractivity (Wildman–Crippen MR) is 69.2 cm³/mol. The highest BCUT2D eigenvalue weighted by atomic mass is 32.1. The highest BCUT2D eigenvalue weighted by molar-refractivity contribution is 7.17. The van der Waals surface area contributed by atoms with Gasteiger partial charge in [0.1, 0.15) is 12.1 Å². The summed E-state index contributed by atoms with van der Waals surface area (Å²) in [6.45, 7) is 2.04. The van der Waals surface area contributed by atoms with E-state index >= 15 is 0 Å². The molecule has 2 aromatic heterocycles. The molecule has 4 nitrogen and oxygen atoms in total. The third-order valence-electron chi connectivity index (χ3n) is 2.51. The smallest absolute Gasteiger partial charge is 0.149 e. The Balaban J connectivity index is 2.15. The molecule has 0 atom stereocenters. The summed E-state index contributed by atoms with van der Waals surface area (Å²) in [5.74, 6) is 1.04. The number of hydrogen-bond donors (Lipinski definition) is 1. The van der Waals surface area contributed by atoms with Crippen LogP contribution in [0, 0.1) is 0 Å². The molecule has 86 valence electrons. The zero-order valence-electron chi connectivity index (χ0n) is 9.60. The average molecular weight is 236 g/mol. The van der Waals surface area contributed by atoms with Gasteiger partial charge in [-0.1, -0.05) is 0 Å². The van der Waals surface area contributed by atoms with E-state index in [1.165, 1.54) is 4.70 Å². The van der Waals surface area contributed by atoms with E-state index in [0.717, 1.165) is 30.8 Å². The van der Waals surface area contributed by atoms with E-state index in [-0.39, 0.29) is 0 Å². The van der Waals surface area contributed by atoms with Crippen LogP contribution >= 0.6 is 11.3 Å². The lowest BCUT2D eigenvalue weighted by atomic mass is 10.3. The first kappa shape index (κ1) is 11.3. The van der Waals surface area contributed by atoms with Gasteiger partial charge in [0.25, 0.3) is 0 Å². The largest absolute Gasteiger partial charge is 0.358 e. The SMILES string of the molecule is CNCCCN(C)c1ncnc2ccsc12. The maximum Gasteiger partial charge on any atom is 0.149 e. The van der Waals surface area contributed by atoms with Crippen LogP contribution in [0.4, 0.5) is 5.82 Å². The molecule has 0 amide bonds. The molecule has 0 aliphatic carbocycles. The van der Waals surface area contributed by atoms with Crippen LogP contribution in [0.1, 0.15) is 6.42 Å². The summed E-state index contributed by atoms with van der Waals surface area (Å²) in [6, 6.07) is 2.03. The zero-order chi connectivity index (χ0) is 11.4. The topological polar surface area (TPSA) is 41.0 Å². The summed E-state index contributed by atoms with van der Waals surface area (Å²) in [5, 5.41) is 5.21. The summed E-state index contributed by atoms with van der Waals surface area (Å²) in [5.41, 5.74) is 1.04. The van der Waals surface area contributed by atoms with E-state index in [1.54, 1.807) is 17.7 Å². The number of thiophene rings is 1. The quantitative estimate of drug-likeness (QED) is 0.803. The van der Waals surface area contributed by atoms with Gasteiger partial charge in [-0.15, -0.1) is 11.3 Å². The second-order valence-corrected chi connectivity index (χ2v) is 4.63. The highest BCUT2D eigenvalue weighted by Crippen LogP contribution is 2.26. The van der Waals surface area contributed by atoms with Crippen LogP contribution in [0.2, 0.25) is 0 Å². The van der Waals surface area contributed by atoms with Crippen LogP contribution in [-0.2, 0) is 0 Å². The molecule has 0 aliphatic rings. The van der Waals surface area contributed by atoms with Gasteiger partial charge < -0.3 is 10.2 Å². The van der Waals surface area contributed by atoms with Gasteiger partial charge in [-0.2, -0.15) is 0 Å². The minimum atomic E-state index is 1.00. The number of nitrogens with zero attached hydrogens (tertiary/aromatic N) is 3. The number of anilines is 1. The molecule has 2 aromatic rings. The molecule has 0 fully saturated rings. The van der Waals surface area contributed by atoms with Crippen molar-refractivity contribution in [3.63, 3.8) is 0 Å². The Morgan fingerprint density at radius 2 is 2.31 bits per heavy atom. The van der Waals surface area contributed by atoms with Gasteiger partial charge in [-0.05, 0) is 31.5 Å². The molecule has 16 heavy (non-hydrogen) atoms. The standard InChI is InChI=1S/C11H16N4S/c1-12-5-3-6-15(2)11-10-9(4-7-16-10)13-8-14-11/h4,7-8,12H,3,5-6H2,1-2H3. The Morgan fingerprint density at radius 1 is 1.44 bits per heavy atom. The number of nitrogens with one attached hydrogen (secondary N) is 1. The molecule has 0 saturated carbocycles. The molecule has 0 radical (unpaired) electrons. The van der Waals surface area contributed by atoms with Gasteiger partial charge in [-0.25, -0.2) is 9.97 Å². The summed E-state index contributed by atoms with van der Waals surface area (Å²) in [7, 11) is 4.05. The Bertz CT molecular complexity index is 454. The van der Waals surface area contributed by atoms with Gasteiger partial charge in [0.2, 0.25) is 0 Å². The van der Waals surface area contributed by atoms with Crippen LogP contribution in [0.25, 0.3) is 10.2 Å². The van der Waals surface area contributed by atoms with Crippen LogP contribution in [0.15, 0.2) is 17.8 Å². The normalized spacial score (nSPS) is 10.9. The van der Waals surface area contributed by atoms with Crippen LogP contribution < -0.4 is 10.2 Å². The number of aromatic nitrogens is 2. The molecule has 1 N–H and O–H groups in total. The Morgan fingerprint density at radius 3 is 3.12 bits per heavy atom. The molecule has 2 heterocycles. The third kappa shape index (κ3) is 2.31. The monoisotopic (exact) mass is 236 g/mol. The molecular weight excluding hydrogens is 220 g/mol. The van der Waals surface area contributed by atoms with Crippen LogP contribution in [0.5, 0.6) is 0 Å². The lowest BCUT2D eigenvalue weighted by molar-refractivity contribution is 0.710. The Hall–Kier alpha value is -1.20. The summed E-state index contributed by atoms with van der Waals surface area (Å²) in [6.07, 6.45) is 2.75.